The zero-order chi connectivity index (χ0) is 16.6. The summed E-state index contributed by atoms with van der Waals surface area (Å²) in [7, 11) is 2.17. The first-order valence-corrected chi connectivity index (χ1v) is 9.07. The van der Waals surface area contributed by atoms with Gasteiger partial charge in [-0.15, -0.1) is 0 Å². The summed E-state index contributed by atoms with van der Waals surface area (Å²) >= 11 is 0. The summed E-state index contributed by atoms with van der Waals surface area (Å²) < 4.78 is 0. The summed E-state index contributed by atoms with van der Waals surface area (Å²) in [5.74, 6) is 0. The van der Waals surface area contributed by atoms with Crippen LogP contribution < -0.4 is 10.2 Å². The summed E-state index contributed by atoms with van der Waals surface area (Å²) in [6.45, 7) is 5.65. The van der Waals surface area contributed by atoms with Gasteiger partial charge in [-0.05, 0) is 37.1 Å². The highest BCUT2D eigenvalue weighted by atomic mass is 15.2. The van der Waals surface area contributed by atoms with Crippen LogP contribution in [0, 0.1) is 0 Å². The van der Waals surface area contributed by atoms with Crippen LogP contribution in [-0.4, -0.2) is 44.2 Å². The Morgan fingerprint density at radius 2 is 1.75 bits per heavy atom. The molecule has 1 aliphatic rings. The molecule has 0 saturated carbocycles. The van der Waals surface area contributed by atoms with Crippen molar-refractivity contribution in [2.45, 2.75) is 25.4 Å². The minimum absolute atomic E-state index is 0.649. The molecule has 0 spiro atoms. The Kier molecular flexibility index (Phi) is 6.27. The summed E-state index contributed by atoms with van der Waals surface area (Å²) in [6, 6.07) is 22.1. The third-order valence-electron chi connectivity index (χ3n) is 4.82. The van der Waals surface area contributed by atoms with Gasteiger partial charge in [0.1, 0.15) is 0 Å². The monoisotopic (exact) mass is 323 g/mol. The predicted molar refractivity (Wildman–Crippen MR) is 102 cm³/mol. The number of nitrogens with zero attached hydrogens (tertiary/aromatic N) is 2. The van der Waals surface area contributed by atoms with Crippen LogP contribution in [0.4, 0.5) is 5.69 Å². The van der Waals surface area contributed by atoms with Crippen molar-refractivity contribution < 1.29 is 0 Å². The number of hydrogen-bond donors (Lipinski definition) is 1. The Morgan fingerprint density at radius 3 is 2.50 bits per heavy atom. The van der Waals surface area contributed by atoms with Crippen LogP contribution in [0.2, 0.25) is 0 Å². The first-order chi connectivity index (χ1) is 11.8. The van der Waals surface area contributed by atoms with Crippen molar-refractivity contribution in [1.29, 1.82) is 0 Å². The maximum atomic E-state index is 3.74. The van der Waals surface area contributed by atoms with Gasteiger partial charge < -0.3 is 10.2 Å². The van der Waals surface area contributed by atoms with E-state index in [0.717, 1.165) is 19.6 Å². The Labute approximate surface area is 146 Å². The fraction of sp³-hybridized carbons (Fsp3) is 0.429. The molecule has 3 rings (SSSR count). The van der Waals surface area contributed by atoms with Crippen LogP contribution in [0.15, 0.2) is 60.7 Å². The summed E-state index contributed by atoms with van der Waals surface area (Å²) in [5.41, 5.74) is 2.72. The van der Waals surface area contributed by atoms with E-state index in [1.54, 1.807) is 0 Å². The van der Waals surface area contributed by atoms with Crippen LogP contribution in [-0.2, 0) is 6.54 Å². The molecule has 2 aromatic rings. The second kappa shape index (κ2) is 8.86. The van der Waals surface area contributed by atoms with Gasteiger partial charge in [0.25, 0.3) is 0 Å². The first kappa shape index (κ1) is 17.0. The maximum absolute atomic E-state index is 3.74. The van der Waals surface area contributed by atoms with E-state index >= 15 is 0 Å². The van der Waals surface area contributed by atoms with Gasteiger partial charge in [-0.2, -0.15) is 0 Å². The van der Waals surface area contributed by atoms with Gasteiger partial charge in [0.15, 0.2) is 0 Å². The molecule has 3 nitrogen and oxygen atoms in total. The molecule has 2 aromatic carbocycles. The van der Waals surface area contributed by atoms with Crippen molar-refractivity contribution in [3.63, 3.8) is 0 Å². The molecule has 1 aliphatic heterocycles. The molecule has 1 fully saturated rings. The molecule has 1 atom stereocenters. The molecule has 1 N–H and O–H groups in total. The molecule has 128 valence electrons. The van der Waals surface area contributed by atoms with Crippen LogP contribution in [0.25, 0.3) is 0 Å². The zero-order valence-corrected chi connectivity index (χ0v) is 14.7. The molecule has 3 heteroatoms. The lowest BCUT2D eigenvalue weighted by atomic mass is 10.2. The fourth-order valence-corrected chi connectivity index (χ4v) is 3.42. The lowest BCUT2D eigenvalue weighted by molar-refractivity contribution is 0.320. The second-order valence-electron chi connectivity index (χ2n) is 6.77. The predicted octanol–water partition coefficient (Wildman–Crippen LogP) is 3.38. The molecule has 0 aliphatic carbocycles. The van der Waals surface area contributed by atoms with Crippen molar-refractivity contribution in [2.24, 2.45) is 0 Å². The molecular formula is C21H29N3. The van der Waals surface area contributed by atoms with Crippen LogP contribution in [0.1, 0.15) is 18.4 Å². The number of hydrogen-bond acceptors (Lipinski definition) is 3. The average molecular weight is 323 g/mol. The highest BCUT2D eigenvalue weighted by molar-refractivity contribution is 5.44. The topological polar surface area (TPSA) is 18.5 Å². The van der Waals surface area contributed by atoms with Crippen molar-refractivity contribution >= 4 is 5.69 Å². The van der Waals surface area contributed by atoms with E-state index in [1.165, 1.54) is 37.2 Å². The molecule has 1 heterocycles. The number of anilines is 1. The second-order valence-corrected chi connectivity index (χ2v) is 6.77. The fourth-order valence-electron chi connectivity index (χ4n) is 3.42. The highest BCUT2D eigenvalue weighted by Gasteiger charge is 2.21. The zero-order valence-electron chi connectivity index (χ0n) is 14.7. The number of benzene rings is 2. The average Bonchev–Trinajstić information content (AvgIpc) is 3.07. The van der Waals surface area contributed by atoms with Crippen molar-refractivity contribution in [2.75, 3.05) is 38.1 Å². The van der Waals surface area contributed by atoms with Gasteiger partial charge in [-0.1, -0.05) is 48.5 Å². The highest BCUT2D eigenvalue weighted by Crippen LogP contribution is 2.14. The summed E-state index contributed by atoms with van der Waals surface area (Å²) in [5, 5.41) is 3.74. The van der Waals surface area contributed by atoms with E-state index in [4.69, 9.17) is 0 Å². The van der Waals surface area contributed by atoms with Gasteiger partial charge >= 0.3 is 0 Å². The molecule has 1 saturated heterocycles. The van der Waals surface area contributed by atoms with E-state index in [1.807, 2.05) is 0 Å². The number of para-hydroxylation sites is 1. The Bertz CT molecular complexity index is 585. The molecule has 0 bridgehead atoms. The lowest BCUT2D eigenvalue weighted by Gasteiger charge is -2.20. The van der Waals surface area contributed by atoms with Gasteiger partial charge in [0, 0.05) is 45.0 Å². The largest absolute Gasteiger partial charge is 0.375 e. The van der Waals surface area contributed by atoms with Crippen molar-refractivity contribution in [3.8, 4) is 0 Å². The number of likely N-dealkylation sites (tertiary alicyclic amines) is 1. The third kappa shape index (κ3) is 5.08. The molecule has 0 radical (unpaired) electrons. The van der Waals surface area contributed by atoms with E-state index in [2.05, 4.69) is 82.8 Å². The lowest BCUT2D eigenvalue weighted by Crippen LogP contribution is -2.34. The van der Waals surface area contributed by atoms with Gasteiger partial charge in [0.2, 0.25) is 0 Å². The Morgan fingerprint density at radius 1 is 1.04 bits per heavy atom. The van der Waals surface area contributed by atoms with Crippen molar-refractivity contribution in [3.05, 3.63) is 66.2 Å². The minimum Gasteiger partial charge on any atom is -0.375 e. The van der Waals surface area contributed by atoms with E-state index < -0.39 is 0 Å². The van der Waals surface area contributed by atoms with Gasteiger partial charge in [-0.3, -0.25) is 4.90 Å². The Hall–Kier alpha value is -1.84. The van der Waals surface area contributed by atoms with Crippen molar-refractivity contribution in [1.82, 2.24) is 10.2 Å². The van der Waals surface area contributed by atoms with Gasteiger partial charge in [-0.25, -0.2) is 0 Å². The van der Waals surface area contributed by atoms with E-state index in [-0.39, 0.29) is 0 Å². The van der Waals surface area contributed by atoms with Gasteiger partial charge in [0.05, 0.1) is 0 Å². The molecule has 1 unspecified atom stereocenters. The quantitative estimate of drug-likeness (QED) is 0.751. The van der Waals surface area contributed by atoms with E-state index in [0.29, 0.717) is 6.04 Å². The molecule has 0 amide bonds. The smallest absolute Gasteiger partial charge is 0.0363 e. The normalized spacial score (nSPS) is 18.0. The molecule has 0 aromatic heterocycles. The molecule has 24 heavy (non-hydrogen) atoms. The summed E-state index contributed by atoms with van der Waals surface area (Å²) in [6.07, 6.45) is 2.45. The first-order valence-electron chi connectivity index (χ1n) is 9.07. The number of nitrogens with one attached hydrogen (secondary N) is 1. The summed E-state index contributed by atoms with van der Waals surface area (Å²) in [4.78, 5) is 4.89. The standard InChI is InChI=1S/C21H29N3/c1-23(21-11-6-3-7-12-21)15-8-14-22-20-13-16-24(18-20)17-19-9-4-2-5-10-19/h2-7,9-12,20,22H,8,13-18H2,1H3. The Balaban J connectivity index is 1.32. The minimum atomic E-state index is 0.649. The maximum Gasteiger partial charge on any atom is 0.0363 e. The SMILES string of the molecule is CN(CCCNC1CCN(Cc2ccccc2)C1)c1ccccc1. The van der Waals surface area contributed by atoms with E-state index in [9.17, 15) is 0 Å². The van der Waals surface area contributed by atoms with Crippen LogP contribution in [0.3, 0.4) is 0 Å². The third-order valence-corrected chi connectivity index (χ3v) is 4.82. The molecular weight excluding hydrogens is 294 g/mol. The van der Waals surface area contributed by atoms with Crippen LogP contribution >= 0.6 is 0 Å². The van der Waals surface area contributed by atoms with Crippen LogP contribution in [0.5, 0.6) is 0 Å². The number of rotatable bonds is 8.